The van der Waals surface area contributed by atoms with Crippen LogP contribution in [0.3, 0.4) is 0 Å². The minimum Gasteiger partial charge on any atom is -0.486 e. The zero-order valence-corrected chi connectivity index (χ0v) is 14.5. The van der Waals surface area contributed by atoms with Gasteiger partial charge in [0.15, 0.2) is 0 Å². The summed E-state index contributed by atoms with van der Waals surface area (Å²) in [6.07, 6.45) is -0.863. The molecule has 1 aliphatic heterocycles. The smallest absolute Gasteiger partial charge is 0.243 e. The summed E-state index contributed by atoms with van der Waals surface area (Å²) in [5.41, 5.74) is 1.49. The number of rotatable bonds is 5. The molecule has 3 rings (SSSR count). The van der Waals surface area contributed by atoms with Crippen molar-refractivity contribution >= 4 is 16.3 Å². The Labute approximate surface area is 146 Å². The highest BCUT2D eigenvalue weighted by molar-refractivity contribution is 7.89. The van der Waals surface area contributed by atoms with Crippen molar-refractivity contribution in [2.24, 2.45) is 0 Å². The number of ether oxygens (including phenoxy) is 1. The maximum atomic E-state index is 12.7. The highest BCUT2D eigenvalue weighted by Crippen LogP contribution is 2.25. The largest absolute Gasteiger partial charge is 0.486 e. The van der Waals surface area contributed by atoms with Crippen LogP contribution >= 0.6 is 0 Å². The molecule has 1 heterocycles. The average molecular weight is 361 g/mol. The molecule has 0 bridgehead atoms. The van der Waals surface area contributed by atoms with E-state index in [4.69, 9.17) is 4.74 Å². The molecule has 0 saturated carbocycles. The Hall–Kier alpha value is -2.22. The van der Waals surface area contributed by atoms with Crippen LogP contribution in [0.2, 0.25) is 0 Å². The van der Waals surface area contributed by atoms with Crippen molar-refractivity contribution in [2.45, 2.75) is 24.0 Å². The topological polar surface area (TPSA) is 83.9 Å². The number of aldehydes is 1. The molecule has 132 valence electrons. The minimum atomic E-state index is -3.68. The molecule has 0 amide bonds. The second-order valence-corrected chi connectivity index (χ2v) is 7.98. The van der Waals surface area contributed by atoms with Crippen molar-refractivity contribution in [1.29, 1.82) is 0 Å². The summed E-state index contributed by atoms with van der Waals surface area (Å²) in [7, 11) is -3.68. The Bertz CT molecular complexity index is 846. The number of aliphatic hydroxyl groups is 1. The molecule has 2 aromatic carbocycles. The summed E-state index contributed by atoms with van der Waals surface area (Å²) in [4.78, 5) is 10.9. The maximum Gasteiger partial charge on any atom is 0.243 e. The number of aryl methyl sites for hydroxylation is 1. The van der Waals surface area contributed by atoms with Crippen LogP contribution in [-0.4, -0.2) is 49.4 Å². The Morgan fingerprint density at radius 2 is 1.72 bits per heavy atom. The van der Waals surface area contributed by atoms with E-state index in [1.807, 2.05) is 6.92 Å². The van der Waals surface area contributed by atoms with Gasteiger partial charge in [-0.15, -0.1) is 0 Å². The van der Waals surface area contributed by atoms with E-state index >= 15 is 0 Å². The van der Waals surface area contributed by atoms with Crippen LogP contribution in [0.5, 0.6) is 5.75 Å². The van der Waals surface area contributed by atoms with Gasteiger partial charge in [0.2, 0.25) is 10.0 Å². The quantitative estimate of drug-likeness (QED) is 0.818. The van der Waals surface area contributed by atoms with Crippen molar-refractivity contribution in [1.82, 2.24) is 4.31 Å². The van der Waals surface area contributed by atoms with Gasteiger partial charge >= 0.3 is 0 Å². The molecule has 1 aliphatic rings. The molecule has 0 unspecified atom stereocenters. The van der Waals surface area contributed by atoms with Crippen LogP contribution in [-0.2, 0) is 10.0 Å². The fraction of sp³-hybridized carbons (Fsp3) is 0.278. The van der Waals surface area contributed by atoms with Gasteiger partial charge in [0.1, 0.15) is 24.2 Å². The normalized spacial score (nSPS) is 21.2. The molecule has 1 N–H and O–H groups in total. The number of aliphatic hydroxyl groups excluding tert-OH is 1. The van der Waals surface area contributed by atoms with Crippen molar-refractivity contribution in [2.75, 3.05) is 13.1 Å². The van der Waals surface area contributed by atoms with E-state index in [9.17, 15) is 18.3 Å². The molecule has 0 aromatic heterocycles. The number of hydrogen-bond acceptors (Lipinski definition) is 5. The number of carbonyl (C=O) groups excluding carboxylic acids is 1. The van der Waals surface area contributed by atoms with Gasteiger partial charge in [-0.25, -0.2) is 8.42 Å². The predicted octanol–water partition coefficient (Wildman–Crippen LogP) is 1.62. The van der Waals surface area contributed by atoms with Crippen LogP contribution < -0.4 is 4.74 Å². The van der Waals surface area contributed by atoms with E-state index in [-0.39, 0.29) is 18.0 Å². The molecule has 1 fully saturated rings. The number of β-amino-alcohol motifs (C(OH)–C–C–N with tert-alkyl or cyclic N) is 1. The number of sulfonamides is 1. The van der Waals surface area contributed by atoms with Crippen molar-refractivity contribution < 1.29 is 23.1 Å². The van der Waals surface area contributed by atoms with E-state index < -0.39 is 22.2 Å². The summed E-state index contributed by atoms with van der Waals surface area (Å²) < 4.78 is 32.3. The van der Waals surface area contributed by atoms with Crippen molar-refractivity contribution in [3.05, 3.63) is 59.7 Å². The first kappa shape index (κ1) is 17.6. The Morgan fingerprint density at radius 1 is 1.08 bits per heavy atom. The Balaban J connectivity index is 1.73. The Kier molecular flexibility index (Phi) is 4.89. The average Bonchev–Trinajstić information content (AvgIpc) is 2.97. The zero-order chi connectivity index (χ0) is 18.0. The van der Waals surface area contributed by atoms with E-state index in [2.05, 4.69) is 0 Å². The lowest BCUT2D eigenvalue weighted by molar-refractivity contribution is 0.0737. The van der Waals surface area contributed by atoms with Crippen LogP contribution in [0, 0.1) is 6.92 Å². The van der Waals surface area contributed by atoms with E-state index in [0.29, 0.717) is 11.3 Å². The molecule has 25 heavy (non-hydrogen) atoms. The first-order valence-electron chi connectivity index (χ1n) is 7.87. The van der Waals surface area contributed by atoms with Gasteiger partial charge in [-0.2, -0.15) is 4.31 Å². The first-order valence-corrected chi connectivity index (χ1v) is 9.31. The lowest BCUT2D eigenvalue weighted by atomic mass is 10.2. The zero-order valence-electron chi connectivity index (χ0n) is 13.7. The van der Waals surface area contributed by atoms with Crippen molar-refractivity contribution in [3.8, 4) is 5.75 Å². The van der Waals surface area contributed by atoms with Crippen LogP contribution in [0.1, 0.15) is 15.9 Å². The molecule has 0 spiro atoms. The number of carbonyl (C=O) groups is 1. The lowest BCUT2D eigenvalue weighted by Crippen LogP contribution is -2.31. The van der Waals surface area contributed by atoms with Gasteiger partial charge < -0.3 is 9.84 Å². The molecule has 0 aliphatic carbocycles. The second-order valence-electron chi connectivity index (χ2n) is 6.05. The van der Waals surface area contributed by atoms with Crippen LogP contribution in [0.25, 0.3) is 0 Å². The molecule has 1 saturated heterocycles. The fourth-order valence-corrected chi connectivity index (χ4v) is 4.16. The maximum absolute atomic E-state index is 12.7. The lowest BCUT2D eigenvalue weighted by Gasteiger charge is -2.17. The van der Waals surface area contributed by atoms with Crippen LogP contribution in [0.4, 0.5) is 0 Å². The third-order valence-corrected chi connectivity index (χ3v) is 6.01. The summed E-state index contributed by atoms with van der Waals surface area (Å²) in [6.45, 7) is 1.93. The first-order chi connectivity index (χ1) is 11.9. The summed E-state index contributed by atoms with van der Waals surface area (Å²) in [6, 6.07) is 13.0. The molecule has 2 aromatic rings. The second kappa shape index (κ2) is 6.95. The Morgan fingerprint density at radius 3 is 2.32 bits per heavy atom. The van der Waals surface area contributed by atoms with Crippen LogP contribution in [0.15, 0.2) is 53.4 Å². The molecule has 0 radical (unpaired) electrons. The molecular weight excluding hydrogens is 342 g/mol. The molecular formula is C18H19NO5S. The van der Waals surface area contributed by atoms with Gasteiger partial charge in [-0.1, -0.05) is 17.7 Å². The minimum absolute atomic E-state index is 0.0205. The molecule has 2 atom stereocenters. The van der Waals surface area contributed by atoms with E-state index in [0.717, 1.165) is 11.8 Å². The summed E-state index contributed by atoms with van der Waals surface area (Å²) in [5.74, 6) is 0.476. The third-order valence-electron chi connectivity index (χ3n) is 4.17. The van der Waals surface area contributed by atoms with Gasteiger partial charge in [-0.05, 0) is 43.3 Å². The summed E-state index contributed by atoms with van der Waals surface area (Å²) in [5, 5.41) is 10.2. The SMILES string of the molecule is Cc1ccc(S(=O)(=O)N2C[C@H](Oc3ccc(C=O)cc3)[C@@H](O)C2)cc1. The van der Waals surface area contributed by atoms with Crippen molar-refractivity contribution in [3.63, 3.8) is 0 Å². The van der Waals surface area contributed by atoms with Gasteiger partial charge in [0.25, 0.3) is 0 Å². The van der Waals surface area contributed by atoms with E-state index in [1.165, 1.54) is 4.31 Å². The highest BCUT2D eigenvalue weighted by atomic mass is 32.2. The third kappa shape index (κ3) is 3.73. The monoisotopic (exact) mass is 361 g/mol. The fourth-order valence-electron chi connectivity index (χ4n) is 2.69. The number of hydrogen-bond donors (Lipinski definition) is 1. The molecule has 6 nitrogen and oxygen atoms in total. The highest BCUT2D eigenvalue weighted by Gasteiger charge is 2.39. The molecule has 7 heteroatoms. The van der Waals surface area contributed by atoms with Gasteiger partial charge in [-0.3, -0.25) is 4.79 Å². The van der Waals surface area contributed by atoms with E-state index in [1.54, 1.807) is 48.5 Å². The van der Waals surface area contributed by atoms with Gasteiger partial charge in [0, 0.05) is 12.1 Å². The predicted molar refractivity (Wildman–Crippen MR) is 92.2 cm³/mol. The number of benzene rings is 2. The standard InChI is InChI=1S/C18H19NO5S/c1-13-2-8-16(9-3-13)25(22,23)19-10-17(21)18(11-19)24-15-6-4-14(12-20)5-7-15/h2-9,12,17-18,21H,10-11H2,1H3/t17-,18-/m0/s1. The van der Waals surface area contributed by atoms with Gasteiger partial charge in [0.05, 0.1) is 11.4 Å². The summed E-state index contributed by atoms with van der Waals surface area (Å²) >= 11 is 0. The number of nitrogens with zero attached hydrogens (tertiary/aromatic N) is 1.